The zero-order chi connectivity index (χ0) is 14.8. The Bertz CT molecular complexity index is 493. The largest absolute Gasteiger partial charge is 0.393 e. The number of nitrogens with one attached hydrogen (secondary N) is 1. The standard InChI is InChI=1S/C13H14BrF3N2O/c14-11-7-8(5-6-18-11)12(20)19-10-4-2-1-3-9(10)13(15,16)17/h5-7,9-10H,1-4H2,(H,19,20). The molecule has 1 fully saturated rings. The summed E-state index contributed by atoms with van der Waals surface area (Å²) in [7, 11) is 0. The van der Waals surface area contributed by atoms with Gasteiger partial charge in [-0.2, -0.15) is 13.2 Å². The molecule has 0 radical (unpaired) electrons. The lowest BCUT2D eigenvalue weighted by atomic mass is 9.84. The number of amides is 1. The van der Waals surface area contributed by atoms with Crippen LogP contribution in [-0.2, 0) is 0 Å². The Labute approximate surface area is 123 Å². The van der Waals surface area contributed by atoms with Crippen LogP contribution in [0, 0.1) is 5.92 Å². The van der Waals surface area contributed by atoms with Gasteiger partial charge in [0, 0.05) is 17.8 Å². The molecule has 7 heteroatoms. The van der Waals surface area contributed by atoms with Crippen LogP contribution in [-0.4, -0.2) is 23.1 Å². The quantitative estimate of drug-likeness (QED) is 0.826. The van der Waals surface area contributed by atoms with Gasteiger partial charge in [0.05, 0.1) is 5.92 Å². The summed E-state index contributed by atoms with van der Waals surface area (Å²) in [4.78, 5) is 15.9. The van der Waals surface area contributed by atoms with Gasteiger partial charge in [-0.05, 0) is 40.9 Å². The third-order valence-corrected chi connectivity index (χ3v) is 3.93. The SMILES string of the molecule is O=C(NC1CCCCC1C(F)(F)F)c1ccnc(Br)c1. The summed E-state index contributed by atoms with van der Waals surface area (Å²) in [6.07, 6.45) is -1.14. The number of carbonyl (C=O) groups excluding carboxylic acids is 1. The maximum Gasteiger partial charge on any atom is 0.393 e. The van der Waals surface area contributed by atoms with Crippen molar-refractivity contribution in [1.29, 1.82) is 0 Å². The van der Waals surface area contributed by atoms with Gasteiger partial charge in [0.25, 0.3) is 5.91 Å². The minimum Gasteiger partial charge on any atom is -0.349 e. The van der Waals surface area contributed by atoms with E-state index in [2.05, 4.69) is 26.2 Å². The number of alkyl halides is 3. The van der Waals surface area contributed by atoms with E-state index in [1.54, 1.807) is 0 Å². The molecule has 1 aliphatic carbocycles. The van der Waals surface area contributed by atoms with Gasteiger partial charge < -0.3 is 5.32 Å². The molecule has 1 aromatic heterocycles. The van der Waals surface area contributed by atoms with Crippen LogP contribution in [0.2, 0.25) is 0 Å². The zero-order valence-corrected chi connectivity index (χ0v) is 12.2. The van der Waals surface area contributed by atoms with Gasteiger partial charge in [0.15, 0.2) is 0 Å². The molecule has 0 spiro atoms. The average molecular weight is 351 g/mol. The topological polar surface area (TPSA) is 42.0 Å². The fourth-order valence-corrected chi connectivity index (χ4v) is 2.86. The number of hydrogen-bond donors (Lipinski definition) is 1. The minimum atomic E-state index is -4.27. The minimum absolute atomic E-state index is 0.0779. The van der Waals surface area contributed by atoms with E-state index in [0.717, 1.165) is 0 Å². The van der Waals surface area contributed by atoms with Crippen LogP contribution in [0.5, 0.6) is 0 Å². The third kappa shape index (κ3) is 3.71. The van der Waals surface area contributed by atoms with E-state index >= 15 is 0 Å². The molecule has 1 heterocycles. The van der Waals surface area contributed by atoms with E-state index in [4.69, 9.17) is 0 Å². The van der Waals surface area contributed by atoms with Gasteiger partial charge in [0.1, 0.15) is 4.60 Å². The van der Waals surface area contributed by atoms with Crippen molar-refractivity contribution in [3.05, 3.63) is 28.5 Å². The molecular weight excluding hydrogens is 337 g/mol. The average Bonchev–Trinajstić information content (AvgIpc) is 2.38. The Kier molecular flexibility index (Phi) is 4.67. The van der Waals surface area contributed by atoms with E-state index in [0.29, 0.717) is 29.4 Å². The first-order valence-corrected chi connectivity index (χ1v) is 7.16. The van der Waals surface area contributed by atoms with Gasteiger partial charge in [-0.1, -0.05) is 12.8 Å². The molecule has 1 aliphatic rings. The van der Waals surface area contributed by atoms with Crippen LogP contribution in [0.15, 0.2) is 22.9 Å². The van der Waals surface area contributed by atoms with Crippen molar-refractivity contribution in [3.8, 4) is 0 Å². The Morgan fingerprint density at radius 3 is 2.70 bits per heavy atom. The van der Waals surface area contributed by atoms with Crippen molar-refractivity contribution >= 4 is 21.8 Å². The molecule has 0 bridgehead atoms. The van der Waals surface area contributed by atoms with Gasteiger partial charge in [-0.25, -0.2) is 4.98 Å². The second-order valence-corrected chi connectivity index (χ2v) is 5.69. The third-order valence-electron chi connectivity index (χ3n) is 3.49. The molecule has 0 aliphatic heterocycles. The molecule has 1 saturated carbocycles. The Balaban J connectivity index is 2.09. The van der Waals surface area contributed by atoms with E-state index in [-0.39, 0.29) is 6.42 Å². The van der Waals surface area contributed by atoms with E-state index in [9.17, 15) is 18.0 Å². The molecular formula is C13H14BrF3N2O. The van der Waals surface area contributed by atoms with E-state index in [1.165, 1.54) is 18.3 Å². The molecule has 1 N–H and O–H groups in total. The highest BCUT2D eigenvalue weighted by Gasteiger charge is 2.45. The first kappa shape index (κ1) is 15.3. The summed E-state index contributed by atoms with van der Waals surface area (Å²) in [5.41, 5.74) is 0.304. The fraction of sp³-hybridized carbons (Fsp3) is 0.538. The first-order valence-electron chi connectivity index (χ1n) is 6.37. The predicted molar refractivity (Wildman–Crippen MR) is 71.2 cm³/mol. The first-order chi connectivity index (χ1) is 9.38. The number of pyridine rings is 1. The fourth-order valence-electron chi connectivity index (χ4n) is 2.49. The van der Waals surface area contributed by atoms with Gasteiger partial charge in [0.2, 0.25) is 0 Å². The van der Waals surface area contributed by atoms with Crippen molar-refractivity contribution in [2.24, 2.45) is 5.92 Å². The highest BCUT2D eigenvalue weighted by molar-refractivity contribution is 9.10. The molecule has 0 aromatic carbocycles. The van der Waals surface area contributed by atoms with Crippen LogP contribution in [0.1, 0.15) is 36.0 Å². The van der Waals surface area contributed by atoms with Gasteiger partial charge in [-0.15, -0.1) is 0 Å². The number of aromatic nitrogens is 1. The number of carbonyl (C=O) groups is 1. The van der Waals surface area contributed by atoms with Crippen molar-refractivity contribution in [3.63, 3.8) is 0 Å². The summed E-state index contributed by atoms with van der Waals surface area (Å²) >= 11 is 3.13. The van der Waals surface area contributed by atoms with Crippen LogP contribution < -0.4 is 5.32 Å². The highest BCUT2D eigenvalue weighted by Crippen LogP contribution is 2.37. The highest BCUT2D eigenvalue weighted by atomic mass is 79.9. The lowest BCUT2D eigenvalue weighted by Gasteiger charge is -2.33. The van der Waals surface area contributed by atoms with Gasteiger partial charge >= 0.3 is 6.18 Å². The summed E-state index contributed by atoms with van der Waals surface area (Å²) < 4.78 is 39.3. The number of hydrogen-bond acceptors (Lipinski definition) is 2. The Morgan fingerprint density at radius 1 is 1.35 bits per heavy atom. The molecule has 20 heavy (non-hydrogen) atoms. The molecule has 1 amide bonds. The van der Waals surface area contributed by atoms with E-state index < -0.39 is 24.0 Å². The van der Waals surface area contributed by atoms with Crippen LogP contribution in [0.4, 0.5) is 13.2 Å². The smallest absolute Gasteiger partial charge is 0.349 e. The van der Waals surface area contributed by atoms with E-state index in [1.807, 2.05) is 0 Å². The molecule has 1 aromatic rings. The van der Waals surface area contributed by atoms with Crippen molar-refractivity contribution < 1.29 is 18.0 Å². The molecule has 3 nitrogen and oxygen atoms in total. The maximum absolute atomic E-state index is 12.9. The Morgan fingerprint density at radius 2 is 2.05 bits per heavy atom. The number of rotatable bonds is 2. The summed E-state index contributed by atoms with van der Waals surface area (Å²) in [5, 5.41) is 2.51. The predicted octanol–water partition coefficient (Wildman–Crippen LogP) is 3.70. The van der Waals surface area contributed by atoms with Crippen LogP contribution in [0.3, 0.4) is 0 Å². The van der Waals surface area contributed by atoms with Gasteiger partial charge in [-0.3, -0.25) is 4.79 Å². The van der Waals surface area contributed by atoms with Crippen molar-refractivity contribution in [2.45, 2.75) is 37.9 Å². The molecule has 0 saturated heterocycles. The molecule has 2 rings (SSSR count). The lowest BCUT2D eigenvalue weighted by molar-refractivity contribution is -0.187. The van der Waals surface area contributed by atoms with Crippen LogP contribution >= 0.6 is 15.9 Å². The van der Waals surface area contributed by atoms with Crippen molar-refractivity contribution in [2.75, 3.05) is 0 Å². The summed E-state index contributed by atoms with van der Waals surface area (Å²) in [6.45, 7) is 0. The second kappa shape index (κ2) is 6.11. The second-order valence-electron chi connectivity index (χ2n) is 4.88. The normalized spacial score (nSPS) is 23.4. The Hall–Kier alpha value is -1.11. The monoisotopic (exact) mass is 350 g/mol. The molecule has 2 atom stereocenters. The molecule has 110 valence electrons. The summed E-state index contributed by atoms with van der Waals surface area (Å²) in [5.74, 6) is -1.94. The number of nitrogens with zero attached hydrogens (tertiary/aromatic N) is 1. The lowest BCUT2D eigenvalue weighted by Crippen LogP contribution is -2.47. The van der Waals surface area contributed by atoms with Crippen molar-refractivity contribution in [1.82, 2.24) is 10.3 Å². The zero-order valence-electron chi connectivity index (χ0n) is 10.6. The molecule has 2 unspecified atom stereocenters. The summed E-state index contributed by atoms with van der Waals surface area (Å²) in [6, 6.07) is 2.12. The maximum atomic E-state index is 12.9. The number of halogens is 4. The van der Waals surface area contributed by atoms with Crippen LogP contribution in [0.25, 0.3) is 0 Å².